The van der Waals surface area contributed by atoms with Crippen molar-refractivity contribution in [3.8, 4) is 0 Å². The second-order valence-electron chi connectivity index (χ2n) is 3.07. The van der Waals surface area contributed by atoms with Crippen molar-refractivity contribution in [2.24, 2.45) is 0 Å². The number of carbonyl (C=O) groups is 1. The lowest BCUT2D eigenvalue weighted by Gasteiger charge is -2.38. The molecular formula is C7H14N2O5. The quantitative estimate of drug-likeness (QED) is 0.326. The molecule has 1 rings (SSSR count). The number of hydrogen-bond acceptors (Lipinski definition) is 6. The zero-order valence-corrected chi connectivity index (χ0v) is 7.50. The van der Waals surface area contributed by atoms with E-state index >= 15 is 0 Å². The minimum atomic E-state index is -1.56. The van der Waals surface area contributed by atoms with Gasteiger partial charge in [0, 0.05) is 0 Å². The van der Waals surface area contributed by atoms with Gasteiger partial charge in [0.25, 0.3) is 5.91 Å². The first-order valence-corrected chi connectivity index (χ1v) is 4.27. The summed E-state index contributed by atoms with van der Waals surface area (Å²) in [6.07, 6.45) is -2.89. The van der Waals surface area contributed by atoms with Crippen molar-refractivity contribution in [3.05, 3.63) is 0 Å². The van der Waals surface area contributed by atoms with Crippen LogP contribution >= 0.6 is 0 Å². The van der Waals surface area contributed by atoms with Gasteiger partial charge in [-0.25, -0.2) is 5.43 Å². The molecule has 0 unspecified atom stereocenters. The summed E-state index contributed by atoms with van der Waals surface area (Å²) in [6, 6.07) is -0.797. The van der Waals surface area contributed by atoms with E-state index in [4.69, 9.17) is 10.2 Å². The fraction of sp³-hybridized carbons (Fsp3) is 0.857. The molecule has 7 heteroatoms. The predicted molar refractivity (Wildman–Crippen MR) is 44.8 cm³/mol. The number of rotatable bonds is 3. The van der Waals surface area contributed by atoms with E-state index in [1.807, 2.05) is 0 Å². The maximum atomic E-state index is 11.2. The van der Waals surface area contributed by atoms with E-state index in [0.29, 0.717) is 0 Å². The van der Waals surface area contributed by atoms with Crippen LogP contribution in [0.1, 0.15) is 0 Å². The monoisotopic (exact) mass is 206 g/mol. The van der Waals surface area contributed by atoms with Gasteiger partial charge >= 0.3 is 0 Å². The molecule has 0 aliphatic carbocycles. The van der Waals surface area contributed by atoms with Crippen LogP contribution in [0, 0.1) is 0 Å². The molecular weight excluding hydrogens is 192 g/mol. The van der Waals surface area contributed by atoms with Gasteiger partial charge in [-0.2, -0.15) is 0 Å². The van der Waals surface area contributed by atoms with E-state index < -0.39 is 30.8 Å². The van der Waals surface area contributed by atoms with Crippen molar-refractivity contribution in [1.29, 1.82) is 0 Å². The van der Waals surface area contributed by atoms with Gasteiger partial charge in [0.05, 0.1) is 25.8 Å². The van der Waals surface area contributed by atoms with Crippen LogP contribution in [0.15, 0.2) is 0 Å². The van der Waals surface area contributed by atoms with Crippen molar-refractivity contribution in [2.75, 3.05) is 19.8 Å². The summed E-state index contributed by atoms with van der Waals surface area (Å²) < 4.78 is 0. The summed E-state index contributed by atoms with van der Waals surface area (Å²) in [6.45, 7) is -0.674. The fourth-order valence-corrected chi connectivity index (χ4v) is 1.29. The van der Waals surface area contributed by atoms with Crippen molar-refractivity contribution in [1.82, 2.24) is 10.4 Å². The molecule has 7 nitrogen and oxygen atoms in total. The summed E-state index contributed by atoms with van der Waals surface area (Å²) in [7, 11) is 0. The van der Waals surface area contributed by atoms with Crippen molar-refractivity contribution in [3.63, 3.8) is 0 Å². The molecule has 0 aromatic heterocycles. The smallest absolute Gasteiger partial charge is 0.268 e. The van der Waals surface area contributed by atoms with Gasteiger partial charge in [-0.15, -0.1) is 0 Å². The highest BCUT2D eigenvalue weighted by molar-refractivity contribution is 5.81. The highest BCUT2D eigenvalue weighted by atomic mass is 16.3. The Bertz CT molecular complexity index is 212. The maximum absolute atomic E-state index is 11.2. The Morgan fingerprint density at radius 1 is 1.36 bits per heavy atom. The van der Waals surface area contributed by atoms with Gasteiger partial charge in [-0.05, 0) is 0 Å². The second kappa shape index (κ2) is 4.67. The number of nitrogens with zero attached hydrogens (tertiary/aromatic N) is 1. The summed E-state index contributed by atoms with van der Waals surface area (Å²) in [5.74, 6) is -0.712. The van der Waals surface area contributed by atoms with Crippen molar-refractivity contribution < 1.29 is 25.2 Å². The molecule has 1 heterocycles. The Morgan fingerprint density at radius 3 is 2.50 bits per heavy atom. The zero-order valence-electron chi connectivity index (χ0n) is 7.50. The third kappa shape index (κ3) is 2.02. The normalized spacial score (nSPS) is 33.6. The first-order chi connectivity index (χ1) is 6.61. The SMILES string of the molecule is O=C1[C@@H](O)[C@H](O)[C@@H](CO)NN1CCO. The molecule has 0 spiro atoms. The lowest BCUT2D eigenvalue weighted by molar-refractivity contribution is -0.165. The minimum Gasteiger partial charge on any atom is -0.395 e. The molecule has 0 bridgehead atoms. The van der Waals surface area contributed by atoms with Crippen LogP contribution in [0.2, 0.25) is 0 Å². The van der Waals surface area contributed by atoms with Gasteiger partial charge in [-0.1, -0.05) is 0 Å². The maximum Gasteiger partial charge on any atom is 0.268 e. The van der Waals surface area contributed by atoms with Crippen LogP contribution < -0.4 is 5.43 Å². The largest absolute Gasteiger partial charge is 0.395 e. The van der Waals surface area contributed by atoms with Crippen LogP contribution in [-0.4, -0.2) is 69.4 Å². The van der Waals surface area contributed by atoms with E-state index in [2.05, 4.69) is 5.43 Å². The number of hydrazine groups is 1. The molecule has 1 amide bonds. The van der Waals surface area contributed by atoms with Crippen LogP contribution in [0.4, 0.5) is 0 Å². The van der Waals surface area contributed by atoms with Crippen molar-refractivity contribution >= 4 is 5.91 Å². The van der Waals surface area contributed by atoms with Gasteiger partial charge in [0.2, 0.25) is 0 Å². The summed E-state index contributed by atoms with van der Waals surface area (Å²) in [5, 5.41) is 37.0. The Hall–Kier alpha value is -0.730. The second-order valence-corrected chi connectivity index (χ2v) is 3.07. The molecule has 1 aliphatic rings. The third-order valence-corrected chi connectivity index (χ3v) is 2.10. The highest BCUT2D eigenvalue weighted by Gasteiger charge is 2.39. The fourth-order valence-electron chi connectivity index (χ4n) is 1.29. The Kier molecular flexibility index (Phi) is 3.78. The van der Waals surface area contributed by atoms with Crippen LogP contribution in [0.3, 0.4) is 0 Å². The van der Waals surface area contributed by atoms with E-state index in [1.54, 1.807) is 0 Å². The number of nitrogens with one attached hydrogen (secondary N) is 1. The van der Waals surface area contributed by atoms with E-state index in [9.17, 15) is 15.0 Å². The Balaban J connectivity index is 2.68. The first-order valence-electron chi connectivity index (χ1n) is 4.27. The molecule has 0 aromatic carbocycles. The molecule has 0 aromatic rings. The minimum absolute atomic E-state index is 0.000880. The Morgan fingerprint density at radius 2 is 2.00 bits per heavy atom. The Labute approximate surface area is 80.5 Å². The van der Waals surface area contributed by atoms with E-state index in [1.165, 1.54) is 0 Å². The molecule has 1 saturated heterocycles. The molecule has 5 N–H and O–H groups in total. The molecule has 3 atom stereocenters. The van der Waals surface area contributed by atoms with Gasteiger partial charge in [0.15, 0.2) is 6.10 Å². The van der Waals surface area contributed by atoms with Gasteiger partial charge < -0.3 is 20.4 Å². The topological polar surface area (TPSA) is 113 Å². The van der Waals surface area contributed by atoms with Gasteiger partial charge in [0.1, 0.15) is 6.10 Å². The lowest BCUT2D eigenvalue weighted by atomic mass is 10.0. The lowest BCUT2D eigenvalue weighted by Crippen LogP contribution is -2.66. The van der Waals surface area contributed by atoms with E-state index in [-0.39, 0.29) is 13.2 Å². The number of aliphatic hydroxyl groups is 4. The van der Waals surface area contributed by atoms with Crippen LogP contribution in [0.5, 0.6) is 0 Å². The number of hydrogen-bond donors (Lipinski definition) is 5. The summed E-state index contributed by atoms with van der Waals surface area (Å²) in [5.41, 5.74) is 2.50. The third-order valence-electron chi connectivity index (χ3n) is 2.10. The number of aliphatic hydroxyl groups excluding tert-OH is 4. The predicted octanol–water partition coefficient (Wildman–Crippen LogP) is -3.59. The summed E-state index contributed by atoms with van der Waals surface area (Å²) >= 11 is 0. The van der Waals surface area contributed by atoms with Gasteiger partial charge in [-0.3, -0.25) is 9.80 Å². The molecule has 14 heavy (non-hydrogen) atoms. The van der Waals surface area contributed by atoms with Crippen LogP contribution in [0.25, 0.3) is 0 Å². The molecule has 0 radical (unpaired) electrons. The van der Waals surface area contributed by atoms with Crippen molar-refractivity contribution in [2.45, 2.75) is 18.2 Å². The average molecular weight is 206 g/mol. The van der Waals surface area contributed by atoms with Crippen LogP contribution in [-0.2, 0) is 4.79 Å². The average Bonchev–Trinajstić information content (AvgIpc) is 2.19. The zero-order chi connectivity index (χ0) is 10.7. The number of amides is 1. The number of β-amino-alcohol motifs (C(OH)–C–C–N with tert-alkyl or cyclic N) is 1. The summed E-state index contributed by atoms with van der Waals surface area (Å²) in [4.78, 5) is 11.2. The molecule has 1 fully saturated rings. The highest BCUT2D eigenvalue weighted by Crippen LogP contribution is 2.10. The molecule has 82 valence electrons. The standard InChI is InChI=1S/C7H14N2O5/c10-2-1-9-7(14)6(13)5(12)4(3-11)8-9/h4-6,8,10-13H,1-3H2/t4-,5-,6+/m1/s1. The molecule has 0 saturated carbocycles. The van der Waals surface area contributed by atoms with E-state index in [0.717, 1.165) is 5.01 Å². The number of carbonyl (C=O) groups excluding carboxylic acids is 1. The first kappa shape index (κ1) is 11.3. The molecule has 1 aliphatic heterocycles.